The molecule has 0 fully saturated rings. The predicted octanol–water partition coefficient (Wildman–Crippen LogP) is 1.36. The summed E-state index contributed by atoms with van der Waals surface area (Å²) in [4.78, 5) is 10.9. The molecule has 0 aliphatic rings. The van der Waals surface area contributed by atoms with Crippen molar-refractivity contribution >= 4 is 5.97 Å². The lowest BCUT2D eigenvalue weighted by Crippen LogP contribution is -2.00. The molecule has 3 nitrogen and oxygen atoms in total. The van der Waals surface area contributed by atoms with Crippen LogP contribution in [0.2, 0.25) is 0 Å². The minimum atomic E-state index is -0.287. The van der Waals surface area contributed by atoms with Crippen molar-refractivity contribution in [1.29, 1.82) is 0 Å². The van der Waals surface area contributed by atoms with Crippen LogP contribution in [0.15, 0.2) is 24.3 Å². The van der Waals surface area contributed by atoms with Gasteiger partial charge in [0.25, 0.3) is 0 Å². The molecule has 0 saturated heterocycles. The minimum Gasteiger partial charge on any atom is -0.465 e. The number of aryl methyl sites for hydroxylation is 1. The Labute approximate surface area is 78.5 Å². The third-order valence-corrected chi connectivity index (χ3v) is 1.47. The Morgan fingerprint density at radius 3 is 2.08 bits per heavy atom. The lowest BCUT2D eigenvalue weighted by Gasteiger charge is -1.97. The first-order valence-electron chi connectivity index (χ1n) is 3.97. The van der Waals surface area contributed by atoms with Crippen molar-refractivity contribution in [2.75, 3.05) is 14.2 Å². The summed E-state index contributed by atoms with van der Waals surface area (Å²) in [6, 6.07) is 7.26. The van der Waals surface area contributed by atoms with Crippen LogP contribution in [-0.4, -0.2) is 20.1 Å². The molecule has 2 N–H and O–H groups in total. The second-order valence-electron chi connectivity index (χ2n) is 2.36. The summed E-state index contributed by atoms with van der Waals surface area (Å²) in [5.41, 5.74) is 6.23. The van der Waals surface area contributed by atoms with Gasteiger partial charge >= 0.3 is 5.97 Å². The fraction of sp³-hybridized carbons (Fsp3) is 0.300. The van der Waals surface area contributed by atoms with Crippen LogP contribution >= 0.6 is 0 Å². The zero-order valence-electron chi connectivity index (χ0n) is 8.20. The van der Waals surface area contributed by atoms with E-state index < -0.39 is 0 Å². The summed E-state index contributed by atoms with van der Waals surface area (Å²) >= 11 is 0. The monoisotopic (exact) mass is 181 g/mol. The molecule has 0 bridgehead atoms. The molecule has 0 aromatic heterocycles. The first kappa shape index (κ1) is 11.6. The molecule has 0 saturated carbocycles. The third-order valence-electron chi connectivity index (χ3n) is 1.47. The molecule has 3 heteroatoms. The number of ether oxygens (including phenoxy) is 1. The van der Waals surface area contributed by atoms with Gasteiger partial charge in [0, 0.05) is 0 Å². The van der Waals surface area contributed by atoms with Gasteiger partial charge in [-0.25, -0.2) is 4.79 Å². The number of carbonyl (C=O) groups excluding carboxylic acids is 1. The van der Waals surface area contributed by atoms with Crippen LogP contribution in [0.1, 0.15) is 15.9 Å². The average Bonchev–Trinajstić information content (AvgIpc) is 2.21. The van der Waals surface area contributed by atoms with E-state index in [1.807, 2.05) is 19.1 Å². The van der Waals surface area contributed by atoms with E-state index in [0.717, 1.165) is 5.56 Å². The standard InChI is InChI=1S/C9H10O2.CH5N/c1-7-3-5-8(6-4-7)9(10)11-2;1-2/h3-6H,1-2H3;2H2,1H3. The van der Waals surface area contributed by atoms with Crippen LogP contribution < -0.4 is 5.73 Å². The molecule has 0 radical (unpaired) electrons. The Morgan fingerprint density at radius 2 is 1.69 bits per heavy atom. The fourth-order valence-electron chi connectivity index (χ4n) is 0.807. The molecule has 1 aromatic carbocycles. The molecule has 0 atom stereocenters. The lowest BCUT2D eigenvalue weighted by molar-refractivity contribution is 0.0601. The first-order valence-corrected chi connectivity index (χ1v) is 3.97. The van der Waals surface area contributed by atoms with Gasteiger partial charge in [-0.2, -0.15) is 0 Å². The van der Waals surface area contributed by atoms with Crippen molar-refractivity contribution in [1.82, 2.24) is 0 Å². The Kier molecular flexibility index (Phi) is 5.55. The number of rotatable bonds is 1. The van der Waals surface area contributed by atoms with Gasteiger partial charge in [0.2, 0.25) is 0 Å². The van der Waals surface area contributed by atoms with Gasteiger partial charge in [0.15, 0.2) is 0 Å². The Morgan fingerprint density at radius 1 is 1.23 bits per heavy atom. The minimum absolute atomic E-state index is 0.287. The molecule has 0 amide bonds. The number of carbonyl (C=O) groups is 1. The topological polar surface area (TPSA) is 52.3 Å². The van der Waals surface area contributed by atoms with E-state index in [-0.39, 0.29) is 5.97 Å². The number of methoxy groups -OCH3 is 1. The summed E-state index contributed by atoms with van der Waals surface area (Å²) in [7, 11) is 2.88. The van der Waals surface area contributed by atoms with Crippen LogP contribution in [-0.2, 0) is 4.74 Å². The second kappa shape index (κ2) is 6.20. The quantitative estimate of drug-likeness (QED) is 0.665. The molecule has 0 aliphatic heterocycles. The molecule has 0 spiro atoms. The molecule has 0 unspecified atom stereocenters. The smallest absolute Gasteiger partial charge is 0.337 e. The zero-order chi connectivity index (χ0) is 10.3. The van der Waals surface area contributed by atoms with Crippen molar-refractivity contribution in [3.63, 3.8) is 0 Å². The van der Waals surface area contributed by atoms with Crippen LogP contribution in [0.25, 0.3) is 0 Å². The predicted molar refractivity (Wildman–Crippen MR) is 52.6 cm³/mol. The molecular weight excluding hydrogens is 166 g/mol. The maximum absolute atomic E-state index is 10.9. The maximum Gasteiger partial charge on any atom is 0.337 e. The summed E-state index contributed by atoms with van der Waals surface area (Å²) in [5.74, 6) is -0.287. The average molecular weight is 181 g/mol. The zero-order valence-corrected chi connectivity index (χ0v) is 8.20. The van der Waals surface area contributed by atoms with E-state index in [9.17, 15) is 4.79 Å². The molecular formula is C10H15NO2. The molecule has 72 valence electrons. The Balaban J connectivity index is 0.000000671. The van der Waals surface area contributed by atoms with Gasteiger partial charge in [-0.15, -0.1) is 0 Å². The summed E-state index contributed by atoms with van der Waals surface area (Å²) in [6.07, 6.45) is 0. The number of benzene rings is 1. The maximum atomic E-state index is 10.9. The summed E-state index contributed by atoms with van der Waals surface area (Å²) < 4.78 is 4.54. The van der Waals surface area contributed by atoms with Gasteiger partial charge in [-0.1, -0.05) is 17.7 Å². The largest absolute Gasteiger partial charge is 0.465 e. The Bertz CT molecular complexity index is 254. The van der Waals surface area contributed by atoms with E-state index in [4.69, 9.17) is 0 Å². The number of hydrogen-bond acceptors (Lipinski definition) is 3. The first-order chi connectivity index (χ1) is 6.24. The number of esters is 1. The van der Waals surface area contributed by atoms with Crippen molar-refractivity contribution in [3.05, 3.63) is 35.4 Å². The third kappa shape index (κ3) is 3.71. The second-order valence-corrected chi connectivity index (χ2v) is 2.36. The summed E-state index contributed by atoms with van der Waals surface area (Å²) in [5, 5.41) is 0. The normalized spacial score (nSPS) is 8.31. The van der Waals surface area contributed by atoms with E-state index in [0.29, 0.717) is 5.56 Å². The van der Waals surface area contributed by atoms with Crippen molar-refractivity contribution in [2.45, 2.75) is 6.92 Å². The van der Waals surface area contributed by atoms with Gasteiger partial charge in [-0.3, -0.25) is 0 Å². The number of nitrogens with two attached hydrogens (primary N) is 1. The van der Waals surface area contributed by atoms with Gasteiger partial charge in [0.1, 0.15) is 0 Å². The van der Waals surface area contributed by atoms with E-state index in [1.54, 1.807) is 12.1 Å². The SMILES string of the molecule is CN.COC(=O)c1ccc(C)cc1. The molecule has 0 aliphatic carbocycles. The summed E-state index contributed by atoms with van der Waals surface area (Å²) in [6.45, 7) is 1.97. The van der Waals surface area contributed by atoms with Crippen molar-refractivity contribution in [3.8, 4) is 0 Å². The van der Waals surface area contributed by atoms with E-state index in [2.05, 4.69) is 10.5 Å². The highest BCUT2D eigenvalue weighted by molar-refractivity contribution is 5.89. The van der Waals surface area contributed by atoms with E-state index >= 15 is 0 Å². The van der Waals surface area contributed by atoms with Crippen LogP contribution in [0.5, 0.6) is 0 Å². The highest BCUT2D eigenvalue weighted by Crippen LogP contribution is 2.03. The van der Waals surface area contributed by atoms with Crippen molar-refractivity contribution in [2.24, 2.45) is 5.73 Å². The van der Waals surface area contributed by atoms with Crippen LogP contribution in [0.4, 0.5) is 0 Å². The number of hydrogen-bond donors (Lipinski definition) is 1. The van der Waals surface area contributed by atoms with Gasteiger partial charge < -0.3 is 10.5 Å². The molecule has 1 aromatic rings. The lowest BCUT2D eigenvalue weighted by atomic mass is 10.2. The van der Waals surface area contributed by atoms with Crippen molar-refractivity contribution < 1.29 is 9.53 Å². The molecule has 1 rings (SSSR count). The highest BCUT2D eigenvalue weighted by atomic mass is 16.5. The highest BCUT2D eigenvalue weighted by Gasteiger charge is 2.01. The van der Waals surface area contributed by atoms with Gasteiger partial charge in [0.05, 0.1) is 12.7 Å². The van der Waals surface area contributed by atoms with Crippen LogP contribution in [0, 0.1) is 6.92 Å². The van der Waals surface area contributed by atoms with E-state index in [1.165, 1.54) is 14.2 Å². The molecule has 13 heavy (non-hydrogen) atoms. The Hall–Kier alpha value is -1.35. The fourth-order valence-corrected chi connectivity index (χ4v) is 0.807. The van der Waals surface area contributed by atoms with Crippen LogP contribution in [0.3, 0.4) is 0 Å². The molecule has 0 heterocycles. The van der Waals surface area contributed by atoms with Gasteiger partial charge in [-0.05, 0) is 26.1 Å².